The minimum atomic E-state index is -0.722. The van der Waals surface area contributed by atoms with E-state index >= 15 is 0 Å². The van der Waals surface area contributed by atoms with Gasteiger partial charge in [-0.2, -0.15) is 0 Å². The van der Waals surface area contributed by atoms with Crippen LogP contribution in [0.4, 0.5) is 0 Å². The molecule has 0 radical (unpaired) electrons. The van der Waals surface area contributed by atoms with Crippen molar-refractivity contribution in [3.05, 3.63) is 36.0 Å². The number of rotatable bonds is 7. The molecule has 3 rings (SSSR count). The second-order valence-electron chi connectivity index (χ2n) is 6.67. The van der Waals surface area contributed by atoms with Crippen molar-refractivity contribution in [2.24, 2.45) is 5.92 Å². The summed E-state index contributed by atoms with van der Waals surface area (Å²) < 4.78 is 10.5. The molecule has 27 heavy (non-hydrogen) atoms. The van der Waals surface area contributed by atoms with Crippen molar-refractivity contribution in [2.45, 2.75) is 25.5 Å². The fourth-order valence-corrected chi connectivity index (χ4v) is 3.54. The molecule has 1 aliphatic rings. The van der Waals surface area contributed by atoms with E-state index in [0.717, 1.165) is 35.2 Å². The van der Waals surface area contributed by atoms with E-state index in [1.165, 1.54) is 0 Å². The Morgan fingerprint density at radius 2 is 2.30 bits per heavy atom. The van der Waals surface area contributed by atoms with Gasteiger partial charge in [0.25, 0.3) is 0 Å². The Hall–Kier alpha value is -2.22. The summed E-state index contributed by atoms with van der Waals surface area (Å²) in [7, 11) is 1.61. The van der Waals surface area contributed by atoms with Gasteiger partial charge < -0.3 is 25.2 Å². The van der Waals surface area contributed by atoms with Crippen LogP contribution < -0.4 is 15.4 Å². The topological polar surface area (TPSA) is 92.7 Å². The molecule has 3 N–H and O–H groups in total. The number of ether oxygens (including phenoxy) is 2. The third-order valence-corrected chi connectivity index (χ3v) is 4.99. The Bertz CT molecular complexity index is 783. The number of methoxy groups -OCH3 is 1. The van der Waals surface area contributed by atoms with Crippen LogP contribution in [-0.4, -0.2) is 55.5 Å². The molecule has 1 saturated heterocycles. The van der Waals surface area contributed by atoms with Crippen molar-refractivity contribution in [1.82, 2.24) is 15.6 Å². The highest BCUT2D eigenvalue weighted by Gasteiger charge is 2.32. The Morgan fingerprint density at radius 3 is 3.07 bits per heavy atom. The molecule has 7 nitrogen and oxygen atoms in total. The average Bonchev–Trinajstić information content (AvgIpc) is 2.71. The largest absolute Gasteiger partial charge is 0.497 e. The molecule has 2 aromatic rings. The minimum Gasteiger partial charge on any atom is -0.497 e. The number of esters is 1. The van der Waals surface area contributed by atoms with E-state index in [-0.39, 0.29) is 17.9 Å². The van der Waals surface area contributed by atoms with Crippen LogP contribution in [-0.2, 0) is 9.53 Å². The number of nitrogens with zero attached hydrogens (tertiary/aromatic N) is 1. The van der Waals surface area contributed by atoms with Crippen LogP contribution in [0.15, 0.2) is 30.5 Å². The van der Waals surface area contributed by atoms with Crippen LogP contribution in [0.2, 0.25) is 0 Å². The maximum Gasteiger partial charge on any atom is 0.311 e. The van der Waals surface area contributed by atoms with Crippen molar-refractivity contribution < 1.29 is 19.4 Å². The van der Waals surface area contributed by atoms with Gasteiger partial charge in [0.1, 0.15) is 5.75 Å². The molecule has 146 valence electrons. The average molecular weight is 373 g/mol. The summed E-state index contributed by atoms with van der Waals surface area (Å²) in [6.45, 7) is 3.94. The number of carbonyl (C=O) groups excluding carboxylic acids is 1. The van der Waals surface area contributed by atoms with Crippen LogP contribution in [0.1, 0.15) is 25.0 Å². The number of nitrogens with one attached hydrogen (secondary N) is 2. The van der Waals surface area contributed by atoms with Crippen LogP contribution in [0.3, 0.4) is 0 Å². The molecule has 0 bridgehead atoms. The van der Waals surface area contributed by atoms with Gasteiger partial charge in [0.05, 0.1) is 31.3 Å². The third-order valence-electron chi connectivity index (χ3n) is 4.99. The van der Waals surface area contributed by atoms with Crippen molar-refractivity contribution in [2.75, 3.05) is 33.4 Å². The lowest BCUT2D eigenvalue weighted by Gasteiger charge is -2.32. The number of aromatic nitrogens is 1. The smallest absolute Gasteiger partial charge is 0.311 e. The van der Waals surface area contributed by atoms with Crippen molar-refractivity contribution in [3.8, 4) is 5.75 Å². The van der Waals surface area contributed by atoms with Crippen LogP contribution >= 0.6 is 0 Å². The molecule has 0 spiro atoms. The Labute approximate surface area is 159 Å². The van der Waals surface area contributed by atoms with Gasteiger partial charge in [-0.3, -0.25) is 9.78 Å². The number of pyridine rings is 1. The summed E-state index contributed by atoms with van der Waals surface area (Å²) in [6.07, 6.45) is 1.78. The summed E-state index contributed by atoms with van der Waals surface area (Å²) in [6, 6.07) is 7.40. The SMILES string of the molecule is CCOC(=O)[C@H]1CNCC[C@H]1NC[C@H](O)c1ccnc2ccc(OC)cc12. The number of aliphatic hydroxyl groups is 1. The number of piperidine rings is 1. The predicted octanol–water partition coefficient (Wildman–Crippen LogP) is 1.41. The highest BCUT2D eigenvalue weighted by atomic mass is 16.5. The van der Waals surface area contributed by atoms with Gasteiger partial charge >= 0.3 is 5.97 Å². The lowest BCUT2D eigenvalue weighted by atomic mass is 9.93. The molecule has 1 fully saturated rings. The van der Waals surface area contributed by atoms with Gasteiger partial charge in [0, 0.05) is 30.7 Å². The van der Waals surface area contributed by atoms with E-state index in [0.29, 0.717) is 19.7 Å². The van der Waals surface area contributed by atoms with E-state index in [1.807, 2.05) is 31.2 Å². The summed E-state index contributed by atoms with van der Waals surface area (Å²) in [4.78, 5) is 16.5. The van der Waals surface area contributed by atoms with Gasteiger partial charge in [0.15, 0.2) is 0 Å². The summed E-state index contributed by atoms with van der Waals surface area (Å²) in [5, 5.41) is 18.2. The van der Waals surface area contributed by atoms with E-state index in [9.17, 15) is 9.90 Å². The minimum absolute atomic E-state index is 0.0254. The van der Waals surface area contributed by atoms with Crippen molar-refractivity contribution in [3.63, 3.8) is 0 Å². The highest BCUT2D eigenvalue weighted by Crippen LogP contribution is 2.26. The molecular formula is C20H27N3O4. The van der Waals surface area contributed by atoms with E-state index in [2.05, 4.69) is 15.6 Å². The van der Waals surface area contributed by atoms with Gasteiger partial charge in [-0.15, -0.1) is 0 Å². The quantitative estimate of drug-likeness (QED) is 0.632. The number of hydrogen-bond donors (Lipinski definition) is 3. The molecule has 0 aliphatic carbocycles. The highest BCUT2D eigenvalue weighted by molar-refractivity contribution is 5.83. The zero-order valence-corrected chi connectivity index (χ0v) is 15.8. The van der Waals surface area contributed by atoms with Gasteiger partial charge in [-0.05, 0) is 49.7 Å². The Morgan fingerprint density at radius 1 is 1.44 bits per heavy atom. The van der Waals surface area contributed by atoms with Gasteiger partial charge in [-0.1, -0.05) is 0 Å². The van der Waals surface area contributed by atoms with Gasteiger partial charge in [0.2, 0.25) is 0 Å². The van der Waals surface area contributed by atoms with Crippen molar-refractivity contribution >= 4 is 16.9 Å². The van der Waals surface area contributed by atoms with E-state index in [1.54, 1.807) is 13.3 Å². The molecule has 0 unspecified atom stereocenters. The molecule has 1 aromatic carbocycles. The zero-order chi connectivity index (χ0) is 19.2. The second kappa shape index (κ2) is 9.12. The first-order chi connectivity index (χ1) is 13.1. The monoisotopic (exact) mass is 373 g/mol. The Kier molecular flexibility index (Phi) is 6.60. The number of carbonyl (C=O) groups is 1. The Balaban J connectivity index is 1.72. The molecular weight excluding hydrogens is 346 g/mol. The maximum atomic E-state index is 12.2. The first-order valence-electron chi connectivity index (χ1n) is 9.35. The predicted molar refractivity (Wildman–Crippen MR) is 103 cm³/mol. The molecule has 7 heteroatoms. The summed E-state index contributed by atoms with van der Waals surface area (Å²) >= 11 is 0. The first-order valence-corrected chi connectivity index (χ1v) is 9.35. The molecule has 3 atom stereocenters. The third kappa shape index (κ3) is 4.55. The fourth-order valence-electron chi connectivity index (χ4n) is 3.54. The standard InChI is InChI=1S/C20H27N3O4/c1-3-27-20(25)16-11-21-8-7-18(16)23-12-19(24)14-6-9-22-17-5-4-13(26-2)10-15(14)17/h4-6,9-10,16,18-19,21,23-24H,3,7-8,11-12H2,1-2H3/t16-,18+,19-/m0/s1. The molecule has 0 amide bonds. The molecule has 2 heterocycles. The number of fused-ring (bicyclic) bond motifs is 1. The summed E-state index contributed by atoms with van der Waals surface area (Å²) in [5.74, 6) is 0.272. The van der Waals surface area contributed by atoms with Gasteiger partial charge in [-0.25, -0.2) is 0 Å². The number of aliphatic hydroxyl groups excluding tert-OH is 1. The normalized spacial score (nSPS) is 21.0. The molecule has 1 aromatic heterocycles. The van der Waals surface area contributed by atoms with Crippen LogP contribution in [0.5, 0.6) is 5.75 Å². The van der Waals surface area contributed by atoms with E-state index in [4.69, 9.17) is 9.47 Å². The lowest BCUT2D eigenvalue weighted by molar-refractivity contribution is -0.149. The maximum absolute atomic E-state index is 12.2. The first kappa shape index (κ1) is 19.5. The lowest BCUT2D eigenvalue weighted by Crippen LogP contribution is -2.51. The van der Waals surface area contributed by atoms with E-state index < -0.39 is 6.10 Å². The number of benzene rings is 1. The molecule has 1 aliphatic heterocycles. The number of hydrogen-bond acceptors (Lipinski definition) is 7. The fraction of sp³-hybridized carbons (Fsp3) is 0.500. The zero-order valence-electron chi connectivity index (χ0n) is 15.8. The van der Waals surface area contributed by atoms with Crippen LogP contribution in [0, 0.1) is 5.92 Å². The van der Waals surface area contributed by atoms with Crippen molar-refractivity contribution in [1.29, 1.82) is 0 Å². The molecule has 0 saturated carbocycles. The van der Waals surface area contributed by atoms with Crippen LogP contribution in [0.25, 0.3) is 10.9 Å². The second-order valence-corrected chi connectivity index (χ2v) is 6.67. The summed E-state index contributed by atoms with van der Waals surface area (Å²) in [5.41, 5.74) is 1.59.